The molecule has 1 aliphatic carbocycles. The molecule has 0 saturated heterocycles. The van der Waals surface area contributed by atoms with Gasteiger partial charge in [-0.05, 0) is 38.3 Å². The van der Waals surface area contributed by atoms with Gasteiger partial charge in [0.25, 0.3) is 0 Å². The molecular formula is C17H28N2O. The van der Waals surface area contributed by atoms with Gasteiger partial charge >= 0.3 is 0 Å². The Labute approximate surface area is 123 Å². The third-order valence-corrected chi connectivity index (χ3v) is 4.58. The van der Waals surface area contributed by atoms with Crippen LogP contribution in [0, 0.1) is 5.92 Å². The van der Waals surface area contributed by atoms with Gasteiger partial charge in [-0.3, -0.25) is 4.90 Å². The molecule has 0 bridgehead atoms. The van der Waals surface area contributed by atoms with Gasteiger partial charge in [-0.15, -0.1) is 0 Å². The first kappa shape index (κ1) is 15.3. The minimum absolute atomic E-state index is 0.136. The summed E-state index contributed by atoms with van der Waals surface area (Å²) in [7, 11) is 3.93. The smallest absolute Gasteiger partial charge is 0.123 e. The van der Waals surface area contributed by atoms with Crippen molar-refractivity contribution in [2.45, 2.75) is 44.7 Å². The van der Waals surface area contributed by atoms with Gasteiger partial charge in [-0.2, -0.15) is 0 Å². The SMILES string of the molecule is CCC(N)C(c1ccccc1OC)N(C)CC1CCC1. The van der Waals surface area contributed by atoms with E-state index >= 15 is 0 Å². The zero-order valence-corrected chi connectivity index (χ0v) is 13.0. The van der Waals surface area contributed by atoms with Crippen molar-refractivity contribution < 1.29 is 4.74 Å². The van der Waals surface area contributed by atoms with E-state index in [-0.39, 0.29) is 12.1 Å². The molecule has 1 aliphatic rings. The summed E-state index contributed by atoms with van der Waals surface area (Å²) in [4.78, 5) is 2.43. The molecule has 3 nitrogen and oxygen atoms in total. The van der Waals surface area contributed by atoms with Crippen LogP contribution >= 0.6 is 0 Å². The van der Waals surface area contributed by atoms with Crippen molar-refractivity contribution in [3.63, 3.8) is 0 Å². The number of ether oxygens (including phenoxy) is 1. The van der Waals surface area contributed by atoms with Crippen LogP contribution in [0.3, 0.4) is 0 Å². The summed E-state index contributed by atoms with van der Waals surface area (Å²) in [6, 6.07) is 8.64. The first-order chi connectivity index (χ1) is 9.67. The van der Waals surface area contributed by atoms with E-state index in [1.807, 2.05) is 12.1 Å². The molecule has 2 N–H and O–H groups in total. The summed E-state index contributed by atoms with van der Waals surface area (Å²) in [5.41, 5.74) is 7.63. The molecular weight excluding hydrogens is 248 g/mol. The molecule has 1 aromatic carbocycles. The quantitative estimate of drug-likeness (QED) is 0.831. The van der Waals surface area contributed by atoms with Crippen molar-refractivity contribution in [1.82, 2.24) is 4.90 Å². The van der Waals surface area contributed by atoms with Crippen LogP contribution in [-0.2, 0) is 0 Å². The van der Waals surface area contributed by atoms with Gasteiger partial charge in [0, 0.05) is 18.2 Å². The minimum atomic E-state index is 0.136. The predicted octanol–water partition coefficient (Wildman–Crippen LogP) is 3.21. The second kappa shape index (κ2) is 7.09. The molecule has 3 heteroatoms. The highest BCUT2D eigenvalue weighted by Gasteiger charge is 2.29. The molecule has 2 atom stereocenters. The van der Waals surface area contributed by atoms with E-state index in [2.05, 4.69) is 31.0 Å². The van der Waals surface area contributed by atoms with Crippen molar-refractivity contribution in [3.8, 4) is 5.75 Å². The normalized spacial score (nSPS) is 18.6. The Balaban J connectivity index is 2.21. The van der Waals surface area contributed by atoms with E-state index in [0.717, 1.165) is 24.6 Å². The molecule has 20 heavy (non-hydrogen) atoms. The minimum Gasteiger partial charge on any atom is -0.496 e. The number of hydrogen-bond acceptors (Lipinski definition) is 3. The fourth-order valence-electron chi connectivity index (χ4n) is 3.13. The molecule has 0 radical (unpaired) electrons. The number of para-hydroxylation sites is 1. The highest BCUT2D eigenvalue weighted by Crippen LogP contribution is 2.34. The predicted molar refractivity (Wildman–Crippen MR) is 84.0 cm³/mol. The summed E-state index contributed by atoms with van der Waals surface area (Å²) in [5, 5.41) is 0. The summed E-state index contributed by atoms with van der Waals surface area (Å²) in [5.74, 6) is 1.79. The highest BCUT2D eigenvalue weighted by atomic mass is 16.5. The fourth-order valence-corrected chi connectivity index (χ4v) is 3.13. The van der Waals surface area contributed by atoms with E-state index in [4.69, 9.17) is 10.5 Å². The van der Waals surface area contributed by atoms with Crippen molar-refractivity contribution in [3.05, 3.63) is 29.8 Å². The molecule has 1 aromatic rings. The molecule has 1 saturated carbocycles. The zero-order valence-electron chi connectivity index (χ0n) is 13.0. The second-order valence-electron chi connectivity index (χ2n) is 6.00. The number of benzene rings is 1. The number of rotatable bonds is 7. The third kappa shape index (κ3) is 3.33. The number of hydrogen-bond donors (Lipinski definition) is 1. The van der Waals surface area contributed by atoms with E-state index in [0.29, 0.717) is 0 Å². The van der Waals surface area contributed by atoms with Gasteiger partial charge < -0.3 is 10.5 Å². The maximum absolute atomic E-state index is 6.41. The lowest BCUT2D eigenvalue weighted by atomic mass is 9.84. The summed E-state index contributed by atoms with van der Waals surface area (Å²) in [6.45, 7) is 3.29. The van der Waals surface area contributed by atoms with Gasteiger partial charge in [0.15, 0.2) is 0 Å². The van der Waals surface area contributed by atoms with Gasteiger partial charge in [0.05, 0.1) is 13.2 Å². The van der Waals surface area contributed by atoms with Gasteiger partial charge in [0.2, 0.25) is 0 Å². The van der Waals surface area contributed by atoms with E-state index in [1.165, 1.54) is 24.8 Å². The van der Waals surface area contributed by atoms with Crippen LogP contribution in [0.1, 0.15) is 44.2 Å². The molecule has 0 aromatic heterocycles. The van der Waals surface area contributed by atoms with Crippen LogP contribution in [-0.4, -0.2) is 31.6 Å². The standard InChI is InChI=1S/C17H28N2O/c1-4-15(18)17(19(2)12-13-8-7-9-13)14-10-5-6-11-16(14)20-3/h5-6,10-11,13,15,17H,4,7-9,12,18H2,1-3H3. The Kier molecular flexibility index (Phi) is 5.44. The Morgan fingerprint density at radius 2 is 2.05 bits per heavy atom. The molecule has 0 aliphatic heterocycles. The van der Waals surface area contributed by atoms with Crippen molar-refractivity contribution in [1.29, 1.82) is 0 Å². The average Bonchev–Trinajstić information content (AvgIpc) is 2.43. The van der Waals surface area contributed by atoms with Gasteiger partial charge in [-0.25, -0.2) is 0 Å². The molecule has 0 amide bonds. The third-order valence-electron chi connectivity index (χ3n) is 4.58. The largest absolute Gasteiger partial charge is 0.496 e. The summed E-state index contributed by atoms with van der Waals surface area (Å²) < 4.78 is 5.53. The maximum atomic E-state index is 6.41. The Bertz CT molecular complexity index is 417. The fraction of sp³-hybridized carbons (Fsp3) is 0.647. The van der Waals surface area contributed by atoms with Crippen LogP contribution in [0.25, 0.3) is 0 Å². The molecule has 112 valence electrons. The Hall–Kier alpha value is -1.06. The Morgan fingerprint density at radius 1 is 1.35 bits per heavy atom. The van der Waals surface area contributed by atoms with Gasteiger partial charge in [-0.1, -0.05) is 31.5 Å². The highest BCUT2D eigenvalue weighted by molar-refractivity contribution is 5.36. The molecule has 1 fully saturated rings. The first-order valence-corrected chi connectivity index (χ1v) is 7.76. The van der Waals surface area contributed by atoms with Crippen molar-refractivity contribution in [2.75, 3.05) is 20.7 Å². The van der Waals surface area contributed by atoms with Crippen LogP contribution < -0.4 is 10.5 Å². The number of likely N-dealkylation sites (N-methyl/N-ethyl adjacent to an activating group) is 1. The molecule has 2 unspecified atom stereocenters. The molecule has 0 spiro atoms. The molecule has 2 rings (SSSR count). The lowest BCUT2D eigenvalue weighted by Crippen LogP contribution is -2.42. The number of nitrogens with zero attached hydrogens (tertiary/aromatic N) is 1. The maximum Gasteiger partial charge on any atom is 0.123 e. The van der Waals surface area contributed by atoms with E-state index in [9.17, 15) is 0 Å². The topological polar surface area (TPSA) is 38.5 Å². The summed E-state index contributed by atoms with van der Waals surface area (Å²) in [6.07, 6.45) is 5.09. The van der Waals surface area contributed by atoms with E-state index < -0.39 is 0 Å². The Morgan fingerprint density at radius 3 is 2.60 bits per heavy atom. The lowest BCUT2D eigenvalue weighted by molar-refractivity contribution is 0.142. The molecule has 0 heterocycles. The monoisotopic (exact) mass is 276 g/mol. The number of methoxy groups -OCH3 is 1. The average molecular weight is 276 g/mol. The van der Waals surface area contributed by atoms with Crippen LogP contribution in [0.5, 0.6) is 5.75 Å². The lowest BCUT2D eigenvalue weighted by Gasteiger charge is -2.38. The van der Waals surface area contributed by atoms with Gasteiger partial charge in [0.1, 0.15) is 5.75 Å². The second-order valence-corrected chi connectivity index (χ2v) is 6.00. The van der Waals surface area contributed by atoms with Crippen LogP contribution in [0.2, 0.25) is 0 Å². The van der Waals surface area contributed by atoms with Crippen molar-refractivity contribution >= 4 is 0 Å². The summed E-state index contributed by atoms with van der Waals surface area (Å²) >= 11 is 0. The van der Waals surface area contributed by atoms with Crippen LogP contribution in [0.15, 0.2) is 24.3 Å². The zero-order chi connectivity index (χ0) is 14.5. The van der Waals surface area contributed by atoms with Crippen molar-refractivity contribution in [2.24, 2.45) is 11.7 Å². The number of nitrogens with two attached hydrogens (primary N) is 1. The van der Waals surface area contributed by atoms with Crippen LogP contribution in [0.4, 0.5) is 0 Å². The first-order valence-electron chi connectivity index (χ1n) is 7.76. The van der Waals surface area contributed by atoms with E-state index in [1.54, 1.807) is 7.11 Å².